The number of aliphatic hydroxyl groups is 1. The van der Waals surface area contributed by atoms with Gasteiger partial charge in [0.25, 0.3) is 0 Å². The van der Waals surface area contributed by atoms with Crippen molar-refractivity contribution in [3.05, 3.63) is 0 Å². The van der Waals surface area contributed by atoms with Gasteiger partial charge in [-0.3, -0.25) is 9.69 Å². The Morgan fingerprint density at radius 3 is 3.00 bits per heavy atom. The number of hydrogen-bond acceptors (Lipinski definition) is 3. The third kappa shape index (κ3) is 1.44. The van der Waals surface area contributed by atoms with E-state index in [0.29, 0.717) is 13.0 Å². The number of piperazine rings is 1. The summed E-state index contributed by atoms with van der Waals surface area (Å²) in [6.45, 7) is 5.20. The van der Waals surface area contributed by atoms with Crippen molar-refractivity contribution in [2.75, 3.05) is 26.2 Å². The molecule has 1 N–H and O–H groups in total. The molecular formula is C9H16N2O2. The number of rotatable bonds is 1. The van der Waals surface area contributed by atoms with Gasteiger partial charge in [0.2, 0.25) is 5.91 Å². The number of amides is 1. The summed E-state index contributed by atoms with van der Waals surface area (Å²) in [5.74, 6) is 0.199. The zero-order valence-corrected chi connectivity index (χ0v) is 7.94. The minimum absolute atomic E-state index is 0.0382. The maximum absolute atomic E-state index is 11.8. The van der Waals surface area contributed by atoms with E-state index >= 15 is 0 Å². The molecule has 2 atom stereocenters. The first-order valence-corrected chi connectivity index (χ1v) is 4.93. The number of carbonyl (C=O) groups excluding carboxylic acids is 1. The number of fused-ring (bicyclic) bond motifs is 1. The van der Waals surface area contributed by atoms with E-state index in [-0.39, 0.29) is 18.1 Å². The molecule has 0 aromatic rings. The number of hydrogen-bond donors (Lipinski definition) is 1. The van der Waals surface area contributed by atoms with Gasteiger partial charge in [-0.1, -0.05) is 0 Å². The molecule has 2 heterocycles. The molecule has 4 nitrogen and oxygen atoms in total. The van der Waals surface area contributed by atoms with Crippen molar-refractivity contribution in [2.45, 2.75) is 25.5 Å². The quantitative estimate of drug-likeness (QED) is 0.585. The van der Waals surface area contributed by atoms with Gasteiger partial charge in [-0.2, -0.15) is 0 Å². The third-order valence-corrected chi connectivity index (χ3v) is 3.02. The molecule has 2 unspecified atom stereocenters. The summed E-state index contributed by atoms with van der Waals surface area (Å²) in [7, 11) is 0. The van der Waals surface area contributed by atoms with E-state index in [1.807, 2.05) is 11.8 Å². The van der Waals surface area contributed by atoms with E-state index in [1.165, 1.54) is 0 Å². The van der Waals surface area contributed by atoms with Crippen LogP contribution in [0.1, 0.15) is 13.3 Å². The standard InChI is InChI=1S/C9H16N2O2/c1-2-10-3-4-11-6-7(12)5-8(11)9(10)13/h7-8,12H,2-6H2,1H3. The van der Waals surface area contributed by atoms with Crippen LogP contribution in [0.15, 0.2) is 0 Å². The van der Waals surface area contributed by atoms with E-state index in [2.05, 4.69) is 4.90 Å². The molecule has 2 fully saturated rings. The van der Waals surface area contributed by atoms with Crippen LogP contribution in [-0.2, 0) is 4.79 Å². The lowest BCUT2D eigenvalue weighted by molar-refractivity contribution is -0.139. The van der Waals surface area contributed by atoms with Crippen molar-refractivity contribution in [1.29, 1.82) is 0 Å². The van der Waals surface area contributed by atoms with Gasteiger partial charge in [0, 0.05) is 26.2 Å². The maximum atomic E-state index is 11.8. The lowest BCUT2D eigenvalue weighted by Crippen LogP contribution is -2.54. The molecule has 0 aromatic heterocycles. The van der Waals surface area contributed by atoms with E-state index in [9.17, 15) is 9.90 Å². The summed E-state index contributed by atoms with van der Waals surface area (Å²) in [5.41, 5.74) is 0. The predicted molar refractivity (Wildman–Crippen MR) is 48.2 cm³/mol. The first-order valence-electron chi connectivity index (χ1n) is 4.93. The lowest BCUT2D eigenvalue weighted by atomic mass is 10.1. The molecule has 0 aliphatic carbocycles. The Kier molecular flexibility index (Phi) is 2.26. The van der Waals surface area contributed by atoms with Crippen LogP contribution < -0.4 is 0 Å². The average Bonchev–Trinajstić information content (AvgIpc) is 2.47. The van der Waals surface area contributed by atoms with Crippen LogP contribution in [0.4, 0.5) is 0 Å². The summed E-state index contributed by atoms with van der Waals surface area (Å²) >= 11 is 0. The Balaban J connectivity index is 2.08. The fourth-order valence-electron chi connectivity index (χ4n) is 2.27. The lowest BCUT2D eigenvalue weighted by Gasteiger charge is -2.35. The minimum atomic E-state index is -0.300. The van der Waals surface area contributed by atoms with E-state index in [4.69, 9.17) is 0 Å². The molecule has 0 spiro atoms. The number of likely N-dealkylation sites (N-methyl/N-ethyl adjacent to an activating group) is 1. The largest absolute Gasteiger partial charge is 0.392 e. The van der Waals surface area contributed by atoms with Crippen LogP contribution in [0, 0.1) is 0 Å². The smallest absolute Gasteiger partial charge is 0.240 e. The first-order chi connectivity index (χ1) is 6.22. The van der Waals surface area contributed by atoms with Crippen molar-refractivity contribution in [1.82, 2.24) is 9.80 Å². The van der Waals surface area contributed by atoms with Crippen molar-refractivity contribution in [2.24, 2.45) is 0 Å². The number of nitrogens with zero attached hydrogens (tertiary/aromatic N) is 2. The summed E-state index contributed by atoms with van der Waals surface area (Å²) in [6, 6.07) is -0.0382. The molecule has 0 radical (unpaired) electrons. The molecule has 2 aliphatic rings. The molecule has 0 aromatic carbocycles. The van der Waals surface area contributed by atoms with Gasteiger partial charge >= 0.3 is 0 Å². The third-order valence-electron chi connectivity index (χ3n) is 3.02. The van der Waals surface area contributed by atoms with Gasteiger partial charge in [0.05, 0.1) is 12.1 Å². The molecule has 0 bridgehead atoms. The Morgan fingerprint density at radius 1 is 1.54 bits per heavy atom. The topological polar surface area (TPSA) is 43.8 Å². The van der Waals surface area contributed by atoms with Gasteiger partial charge in [0.1, 0.15) is 0 Å². The number of carbonyl (C=O) groups is 1. The van der Waals surface area contributed by atoms with Crippen LogP contribution in [0.2, 0.25) is 0 Å². The Morgan fingerprint density at radius 2 is 2.31 bits per heavy atom. The molecule has 2 rings (SSSR count). The monoisotopic (exact) mass is 184 g/mol. The van der Waals surface area contributed by atoms with Crippen LogP contribution in [0.5, 0.6) is 0 Å². The Hall–Kier alpha value is -0.610. The second-order valence-corrected chi connectivity index (χ2v) is 3.82. The zero-order chi connectivity index (χ0) is 9.42. The summed E-state index contributed by atoms with van der Waals surface area (Å²) in [4.78, 5) is 15.7. The second kappa shape index (κ2) is 3.27. The Labute approximate surface area is 78.1 Å². The normalized spacial score (nSPS) is 35.2. The van der Waals surface area contributed by atoms with Crippen molar-refractivity contribution in [3.8, 4) is 0 Å². The summed E-state index contributed by atoms with van der Waals surface area (Å²) < 4.78 is 0. The van der Waals surface area contributed by atoms with Crippen LogP contribution in [0.25, 0.3) is 0 Å². The fraction of sp³-hybridized carbons (Fsp3) is 0.889. The predicted octanol–water partition coefficient (Wildman–Crippen LogP) is -0.716. The van der Waals surface area contributed by atoms with Crippen molar-refractivity contribution in [3.63, 3.8) is 0 Å². The van der Waals surface area contributed by atoms with E-state index < -0.39 is 0 Å². The van der Waals surface area contributed by atoms with E-state index in [0.717, 1.165) is 19.6 Å². The van der Waals surface area contributed by atoms with Crippen molar-refractivity contribution >= 4 is 5.91 Å². The molecule has 2 saturated heterocycles. The maximum Gasteiger partial charge on any atom is 0.240 e. The highest BCUT2D eigenvalue weighted by Crippen LogP contribution is 2.22. The van der Waals surface area contributed by atoms with Crippen LogP contribution in [-0.4, -0.2) is 59.1 Å². The van der Waals surface area contributed by atoms with E-state index in [1.54, 1.807) is 0 Å². The molecule has 0 saturated carbocycles. The summed E-state index contributed by atoms with van der Waals surface area (Å²) in [6.07, 6.45) is 0.320. The van der Waals surface area contributed by atoms with Gasteiger partial charge in [0.15, 0.2) is 0 Å². The van der Waals surface area contributed by atoms with Gasteiger partial charge in [-0.25, -0.2) is 0 Å². The molecule has 2 aliphatic heterocycles. The highest BCUT2D eigenvalue weighted by molar-refractivity contribution is 5.83. The zero-order valence-electron chi connectivity index (χ0n) is 7.94. The summed E-state index contributed by atoms with van der Waals surface area (Å²) in [5, 5.41) is 9.42. The first kappa shape index (κ1) is 8.97. The molecule has 13 heavy (non-hydrogen) atoms. The number of aliphatic hydroxyl groups excluding tert-OH is 1. The van der Waals surface area contributed by atoms with Gasteiger partial charge in [-0.05, 0) is 13.3 Å². The van der Waals surface area contributed by atoms with Crippen LogP contribution >= 0.6 is 0 Å². The molecular weight excluding hydrogens is 168 g/mol. The van der Waals surface area contributed by atoms with Crippen molar-refractivity contribution < 1.29 is 9.90 Å². The molecule has 74 valence electrons. The fourth-order valence-corrected chi connectivity index (χ4v) is 2.27. The minimum Gasteiger partial charge on any atom is -0.392 e. The van der Waals surface area contributed by atoms with Crippen LogP contribution in [0.3, 0.4) is 0 Å². The van der Waals surface area contributed by atoms with Gasteiger partial charge < -0.3 is 10.0 Å². The average molecular weight is 184 g/mol. The second-order valence-electron chi connectivity index (χ2n) is 3.82. The SMILES string of the molecule is CCN1CCN2CC(O)CC2C1=O. The van der Waals surface area contributed by atoms with Gasteiger partial charge in [-0.15, -0.1) is 0 Å². The highest BCUT2D eigenvalue weighted by Gasteiger charge is 2.40. The highest BCUT2D eigenvalue weighted by atomic mass is 16.3. The molecule has 4 heteroatoms. The Bertz CT molecular complexity index is 220. The molecule has 1 amide bonds.